The molecule has 0 atom stereocenters. The first-order valence-electron chi connectivity index (χ1n) is 5.20. The van der Waals surface area contributed by atoms with Gasteiger partial charge in [-0.2, -0.15) is 8.42 Å². The minimum absolute atomic E-state index is 0.0605. The number of aromatic amines is 1. The smallest absolute Gasteiger partial charge is 0.303 e. The molecule has 1 aromatic rings. The molecule has 0 spiro atoms. The first-order valence-corrected chi connectivity index (χ1v) is 6.81. The van der Waals surface area contributed by atoms with Crippen molar-refractivity contribution in [3.05, 3.63) is 23.5 Å². The Morgan fingerprint density at radius 1 is 1.35 bits per heavy atom. The van der Waals surface area contributed by atoms with Crippen LogP contribution in [0.4, 0.5) is 0 Å². The van der Waals surface area contributed by atoms with Crippen molar-refractivity contribution in [3.63, 3.8) is 0 Å². The van der Waals surface area contributed by atoms with Crippen LogP contribution < -0.4 is 0 Å². The third kappa shape index (κ3) is 6.08. The van der Waals surface area contributed by atoms with Gasteiger partial charge in [-0.05, 0) is 30.9 Å². The second-order valence-electron chi connectivity index (χ2n) is 3.82. The van der Waals surface area contributed by atoms with Crippen molar-refractivity contribution in [2.45, 2.75) is 25.7 Å². The van der Waals surface area contributed by atoms with Crippen LogP contribution in [0.5, 0.6) is 0 Å². The summed E-state index contributed by atoms with van der Waals surface area (Å²) in [5.74, 6) is -1.12. The van der Waals surface area contributed by atoms with Crippen LogP contribution in [0.2, 0.25) is 0 Å². The summed E-state index contributed by atoms with van der Waals surface area (Å²) in [5, 5.41) is 8.50. The first kappa shape index (κ1) is 13.7. The number of aliphatic carboxylic acids is 1. The minimum atomic E-state index is -3.90. The van der Waals surface area contributed by atoms with Gasteiger partial charge in [0, 0.05) is 11.9 Å². The molecule has 96 valence electrons. The highest BCUT2D eigenvalue weighted by molar-refractivity contribution is 7.85. The van der Waals surface area contributed by atoms with Crippen LogP contribution in [0.3, 0.4) is 0 Å². The molecule has 1 aromatic heterocycles. The van der Waals surface area contributed by atoms with E-state index in [9.17, 15) is 13.2 Å². The number of hydrogen-bond donors (Lipinski definition) is 3. The van der Waals surface area contributed by atoms with Crippen LogP contribution in [0, 0.1) is 0 Å². The monoisotopic (exact) mass is 261 g/mol. The predicted octanol–water partition coefficient (Wildman–Crippen LogP) is 0.852. The maximum Gasteiger partial charge on any atom is 0.303 e. The molecule has 1 heterocycles. The lowest BCUT2D eigenvalue weighted by atomic mass is 10.1. The minimum Gasteiger partial charge on any atom is -0.481 e. The molecule has 3 N–H and O–H groups in total. The normalized spacial score (nSPS) is 11.6. The molecule has 0 aromatic carbocycles. The maximum atomic E-state index is 10.5. The van der Waals surface area contributed by atoms with Gasteiger partial charge in [-0.15, -0.1) is 0 Å². The van der Waals surface area contributed by atoms with Gasteiger partial charge in [0.1, 0.15) is 0 Å². The Kier molecular flexibility index (Phi) is 4.71. The molecule has 0 saturated carbocycles. The number of hydrogen-bond acceptors (Lipinski definition) is 3. The Bertz CT molecular complexity index is 477. The number of carbonyl (C=O) groups is 1. The number of nitrogens with one attached hydrogen (secondary N) is 1. The van der Waals surface area contributed by atoms with Crippen molar-refractivity contribution in [2.24, 2.45) is 0 Å². The molecule has 0 aliphatic carbocycles. The fraction of sp³-hybridized carbons (Fsp3) is 0.500. The summed E-state index contributed by atoms with van der Waals surface area (Å²) in [4.78, 5) is 13.3. The summed E-state index contributed by atoms with van der Waals surface area (Å²) in [6, 6.07) is 1.81. The van der Waals surface area contributed by atoms with E-state index < -0.39 is 16.1 Å². The Labute approximate surface area is 99.4 Å². The third-order valence-electron chi connectivity index (χ3n) is 2.28. The highest BCUT2D eigenvalue weighted by Crippen LogP contribution is 2.08. The molecule has 0 bridgehead atoms. The van der Waals surface area contributed by atoms with Crippen LogP contribution in [-0.4, -0.2) is 34.8 Å². The molecule has 0 aliphatic heterocycles. The molecule has 0 saturated heterocycles. The number of carboxylic acids is 1. The van der Waals surface area contributed by atoms with Crippen LogP contribution in [0.1, 0.15) is 24.1 Å². The first-order chi connectivity index (χ1) is 7.87. The summed E-state index contributed by atoms with van der Waals surface area (Å²) in [6.45, 7) is 0. The lowest BCUT2D eigenvalue weighted by Gasteiger charge is -1.96. The zero-order valence-electron chi connectivity index (χ0n) is 9.22. The number of aromatic nitrogens is 1. The lowest BCUT2D eigenvalue weighted by Crippen LogP contribution is -2.04. The molecule has 6 nitrogen and oxygen atoms in total. The van der Waals surface area contributed by atoms with Crippen LogP contribution in [-0.2, 0) is 27.8 Å². The Balaban J connectivity index is 2.38. The van der Waals surface area contributed by atoms with Crippen molar-refractivity contribution in [1.82, 2.24) is 4.98 Å². The van der Waals surface area contributed by atoms with E-state index in [1.807, 2.05) is 6.07 Å². The zero-order valence-corrected chi connectivity index (χ0v) is 10.0. The van der Waals surface area contributed by atoms with Gasteiger partial charge in [0.2, 0.25) is 0 Å². The topological polar surface area (TPSA) is 107 Å². The van der Waals surface area contributed by atoms with Crippen molar-refractivity contribution in [1.29, 1.82) is 0 Å². The summed E-state index contributed by atoms with van der Waals surface area (Å²) in [7, 11) is -3.90. The SMILES string of the molecule is O=C(O)CCc1cc(CCCS(=O)(=O)O)c[nH]1. The summed E-state index contributed by atoms with van der Waals surface area (Å²) >= 11 is 0. The molecule has 0 radical (unpaired) electrons. The van der Waals surface area contributed by atoms with E-state index in [0.717, 1.165) is 11.3 Å². The van der Waals surface area contributed by atoms with Gasteiger partial charge in [-0.25, -0.2) is 0 Å². The summed E-state index contributed by atoms with van der Waals surface area (Å²) in [5.41, 5.74) is 1.73. The maximum absolute atomic E-state index is 10.5. The molecule has 17 heavy (non-hydrogen) atoms. The summed E-state index contributed by atoms with van der Waals surface area (Å²) < 4.78 is 29.5. The zero-order chi connectivity index (χ0) is 12.9. The van der Waals surface area contributed by atoms with Gasteiger partial charge in [0.05, 0.1) is 12.2 Å². The van der Waals surface area contributed by atoms with Crippen LogP contribution >= 0.6 is 0 Å². The van der Waals surface area contributed by atoms with Crippen LogP contribution in [0.15, 0.2) is 12.3 Å². The number of carboxylic acid groups (broad SMARTS) is 1. The quantitative estimate of drug-likeness (QED) is 0.631. The van der Waals surface area contributed by atoms with Crippen molar-refractivity contribution in [2.75, 3.05) is 5.75 Å². The fourth-order valence-corrected chi connectivity index (χ4v) is 1.99. The van der Waals surface area contributed by atoms with Gasteiger partial charge in [-0.3, -0.25) is 9.35 Å². The second-order valence-corrected chi connectivity index (χ2v) is 5.39. The van der Waals surface area contributed by atoms with Gasteiger partial charge in [-0.1, -0.05) is 0 Å². The Hall–Kier alpha value is -1.34. The molecule has 0 aliphatic rings. The predicted molar refractivity (Wildman–Crippen MR) is 61.5 cm³/mol. The largest absolute Gasteiger partial charge is 0.481 e. The van der Waals surface area contributed by atoms with Gasteiger partial charge < -0.3 is 10.1 Å². The van der Waals surface area contributed by atoms with E-state index >= 15 is 0 Å². The van der Waals surface area contributed by atoms with E-state index in [0.29, 0.717) is 19.3 Å². The molecular weight excluding hydrogens is 246 g/mol. The van der Waals surface area contributed by atoms with E-state index in [1.54, 1.807) is 6.20 Å². The van der Waals surface area contributed by atoms with Crippen molar-refractivity contribution >= 4 is 16.1 Å². The molecular formula is C10H15NO5S. The number of rotatable bonds is 7. The lowest BCUT2D eigenvalue weighted by molar-refractivity contribution is -0.136. The second kappa shape index (κ2) is 5.83. The van der Waals surface area contributed by atoms with E-state index in [1.165, 1.54) is 0 Å². The van der Waals surface area contributed by atoms with Crippen molar-refractivity contribution in [3.8, 4) is 0 Å². The highest BCUT2D eigenvalue weighted by Gasteiger charge is 2.06. The molecule has 7 heteroatoms. The molecule has 0 unspecified atom stereocenters. The van der Waals surface area contributed by atoms with E-state index in [4.69, 9.17) is 9.66 Å². The van der Waals surface area contributed by atoms with E-state index in [-0.39, 0.29) is 12.2 Å². The van der Waals surface area contributed by atoms with E-state index in [2.05, 4.69) is 4.98 Å². The van der Waals surface area contributed by atoms with Gasteiger partial charge in [0.15, 0.2) is 0 Å². The number of H-pyrrole nitrogens is 1. The Morgan fingerprint density at radius 3 is 2.65 bits per heavy atom. The average Bonchev–Trinajstić information content (AvgIpc) is 2.61. The molecule has 1 rings (SSSR count). The third-order valence-corrected chi connectivity index (χ3v) is 3.08. The highest BCUT2D eigenvalue weighted by atomic mass is 32.2. The number of aryl methyl sites for hydroxylation is 2. The van der Waals surface area contributed by atoms with Gasteiger partial charge in [0.25, 0.3) is 10.1 Å². The Morgan fingerprint density at radius 2 is 2.06 bits per heavy atom. The van der Waals surface area contributed by atoms with Gasteiger partial charge >= 0.3 is 5.97 Å². The fourth-order valence-electron chi connectivity index (χ4n) is 1.48. The molecule has 0 fully saturated rings. The van der Waals surface area contributed by atoms with Crippen LogP contribution in [0.25, 0.3) is 0 Å². The average molecular weight is 261 g/mol. The molecule has 0 amide bonds. The summed E-state index contributed by atoms with van der Waals surface area (Å²) in [6.07, 6.45) is 3.08. The van der Waals surface area contributed by atoms with Crippen molar-refractivity contribution < 1.29 is 22.9 Å². The standard InChI is InChI=1S/C10H15NO5S/c12-10(13)4-3-9-6-8(7-11-9)2-1-5-17(14,15)16/h6-7,11H,1-5H2,(H,12,13)(H,14,15,16).